The van der Waals surface area contributed by atoms with Crippen LogP contribution in [0.25, 0.3) is 0 Å². The highest BCUT2D eigenvalue weighted by Crippen LogP contribution is 2.31. The van der Waals surface area contributed by atoms with Gasteiger partial charge in [0, 0.05) is 11.3 Å². The Morgan fingerprint density at radius 1 is 1.19 bits per heavy atom. The lowest BCUT2D eigenvalue weighted by Crippen LogP contribution is -2.34. The molecule has 0 aromatic heterocycles. The first kappa shape index (κ1) is 22.5. The van der Waals surface area contributed by atoms with Gasteiger partial charge in [-0.25, -0.2) is 0 Å². The first-order valence-corrected chi connectivity index (χ1v) is 9.81. The Kier molecular flexibility index (Phi) is 6.72. The number of rotatable bonds is 6. The number of benzene rings is 2. The van der Waals surface area contributed by atoms with Gasteiger partial charge in [0.1, 0.15) is 24.7 Å². The van der Waals surface area contributed by atoms with Gasteiger partial charge in [0.25, 0.3) is 5.91 Å². The van der Waals surface area contributed by atoms with Crippen molar-refractivity contribution < 1.29 is 32.2 Å². The predicted molar refractivity (Wildman–Crippen MR) is 108 cm³/mol. The third-order valence-corrected chi connectivity index (χ3v) is 4.83. The zero-order valence-corrected chi connectivity index (χ0v) is 17.1. The van der Waals surface area contributed by atoms with Crippen molar-refractivity contribution in [3.63, 3.8) is 0 Å². The summed E-state index contributed by atoms with van der Waals surface area (Å²) in [6.45, 7) is 2.90. The molecule has 1 heterocycles. The van der Waals surface area contributed by atoms with E-state index >= 15 is 0 Å². The van der Waals surface area contributed by atoms with E-state index < -0.39 is 24.5 Å². The molecule has 0 saturated heterocycles. The second-order valence-corrected chi connectivity index (χ2v) is 7.23. The first-order valence-electron chi connectivity index (χ1n) is 9.81. The van der Waals surface area contributed by atoms with Crippen LogP contribution >= 0.6 is 0 Å². The Hall–Kier alpha value is -3.23. The highest BCUT2D eigenvalue weighted by Gasteiger charge is 2.29. The van der Waals surface area contributed by atoms with Gasteiger partial charge in [-0.3, -0.25) is 9.59 Å². The molecule has 0 bridgehead atoms. The number of aryl methyl sites for hydroxylation is 1. The average Bonchev–Trinajstić information content (AvgIpc) is 2.72. The molecule has 1 aliphatic rings. The molecule has 2 aromatic rings. The summed E-state index contributed by atoms with van der Waals surface area (Å²) in [5.41, 5.74) is 1.92. The van der Waals surface area contributed by atoms with E-state index in [1.54, 1.807) is 19.1 Å². The molecule has 1 atom stereocenters. The van der Waals surface area contributed by atoms with Crippen LogP contribution < -0.4 is 20.1 Å². The minimum atomic E-state index is -4.50. The second-order valence-electron chi connectivity index (χ2n) is 7.23. The lowest BCUT2D eigenvalue weighted by molar-refractivity contribution is -0.123. The van der Waals surface area contributed by atoms with Gasteiger partial charge in [0.05, 0.1) is 12.5 Å². The second kappa shape index (κ2) is 9.28. The van der Waals surface area contributed by atoms with Crippen molar-refractivity contribution in [2.45, 2.75) is 26.4 Å². The number of hydrogen-bond donors (Lipinski definition) is 2. The molecule has 1 aliphatic heterocycles. The van der Waals surface area contributed by atoms with Gasteiger partial charge >= 0.3 is 6.18 Å². The maximum absolute atomic E-state index is 12.8. The fourth-order valence-corrected chi connectivity index (χ4v) is 3.21. The van der Waals surface area contributed by atoms with Gasteiger partial charge < -0.3 is 20.1 Å². The molecule has 2 aromatic carbocycles. The third kappa shape index (κ3) is 5.90. The van der Waals surface area contributed by atoms with Crippen LogP contribution in [0.3, 0.4) is 0 Å². The molecule has 0 saturated carbocycles. The number of carbonyl (C=O) groups excluding carboxylic acids is 2. The predicted octanol–water partition coefficient (Wildman–Crippen LogP) is 3.88. The van der Waals surface area contributed by atoms with Crippen LogP contribution in [0.5, 0.6) is 11.5 Å². The van der Waals surface area contributed by atoms with Gasteiger partial charge in [-0.1, -0.05) is 6.07 Å². The molecule has 166 valence electrons. The van der Waals surface area contributed by atoms with Crippen LogP contribution in [0.4, 0.5) is 18.9 Å². The number of amides is 2. The molecule has 9 heteroatoms. The van der Waals surface area contributed by atoms with Crippen molar-refractivity contribution in [2.24, 2.45) is 5.92 Å². The van der Waals surface area contributed by atoms with E-state index in [-0.39, 0.29) is 18.1 Å². The summed E-state index contributed by atoms with van der Waals surface area (Å²) in [6, 6.07) is 9.80. The van der Waals surface area contributed by atoms with Gasteiger partial charge in [-0.05, 0) is 61.7 Å². The van der Waals surface area contributed by atoms with Crippen molar-refractivity contribution >= 4 is 17.5 Å². The molecular formula is C22H23F3N2O4. The number of fused-ring (bicyclic) bond motifs is 1. The van der Waals surface area contributed by atoms with Crippen LogP contribution in [-0.4, -0.2) is 37.7 Å². The summed E-state index contributed by atoms with van der Waals surface area (Å²) in [4.78, 5) is 24.8. The van der Waals surface area contributed by atoms with Crippen molar-refractivity contribution in [3.8, 4) is 11.5 Å². The molecular weight excluding hydrogens is 413 g/mol. The summed E-state index contributed by atoms with van der Waals surface area (Å²) in [7, 11) is 0. The number of alkyl halides is 3. The molecule has 3 rings (SSSR count). The number of carbonyl (C=O) groups is 2. The zero-order valence-electron chi connectivity index (χ0n) is 17.1. The molecule has 6 nitrogen and oxygen atoms in total. The lowest BCUT2D eigenvalue weighted by Gasteiger charge is -2.25. The first-order chi connectivity index (χ1) is 14.7. The van der Waals surface area contributed by atoms with E-state index in [1.165, 1.54) is 12.1 Å². The summed E-state index contributed by atoms with van der Waals surface area (Å²) in [6.07, 6.45) is -4.05. The SMILES string of the molecule is CCOc1ccc2c(c1)CC(C(=O)Nc1cc(C(=O)NCC(F)(F)F)ccc1C)CO2. The van der Waals surface area contributed by atoms with Crippen molar-refractivity contribution in [1.29, 1.82) is 0 Å². The van der Waals surface area contributed by atoms with Crippen LogP contribution in [0.2, 0.25) is 0 Å². The molecule has 0 spiro atoms. The van der Waals surface area contributed by atoms with E-state index in [1.807, 2.05) is 24.4 Å². The number of ether oxygens (including phenoxy) is 2. The summed E-state index contributed by atoms with van der Waals surface area (Å²) in [5.74, 6) is -0.243. The maximum atomic E-state index is 12.8. The van der Waals surface area contributed by atoms with Crippen LogP contribution in [0.1, 0.15) is 28.4 Å². The lowest BCUT2D eigenvalue weighted by atomic mass is 9.95. The normalized spacial score (nSPS) is 15.5. The van der Waals surface area contributed by atoms with Crippen LogP contribution in [0, 0.1) is 12.8 Å². The van der Waals surface area contributed by atoms with Crippen LogP contribution in [0.15, 0.2) is 36.4 Å². The smallest absolute Gasteiger partial charge is 0.405 e. The summed E-state index contributed by atoms with van der Waals surface area (Å²) >= 11 is 0. The molecule has 2 N–H and O–H groups in total. The number of halogens is 3. The van der Waals surface area contributed by atoms with Gasteiger partial charge in [0.2, 0.25) is 5.91 Å². The number of anilines is 1. The molecule has 31 heavy (non-hydrogen) atoms. The van der Waals surface area contributed by atoms with Gasteiger partial charge in [-0.2, -0.15) is 13.2 Å². The number of hydrogen-bond acceptors (Lipinski definition) is 4. The Labute approximate surface area is 177 Å². The van der Waals surface area contributed by atoms with Crippen molar-refractivity contribution in [2.75, 3.05) is 25.1 Å². The van der Waals surface area contributed by atoms with E-state index in [9.17, 15) is 22.8 Å². The standard InChI is InChI=1S/C22H23F3N2O4/c1-3-30-17-6-7-19-15(9-17)8-16(11-31-19)21(29)27-18-10-14(5-4-13(18)2)20(28)26-12-22(23,24)25/h4-7,9-10,16H,3,8,11-12H2,1-2H3,(H,26,28)(H,27,29). The molecule has 0 fully saturated rings. The van der Waals surface area contributed by atoms with Gasteiger partial charge in [0.15, 0.2) is 0 Å². The summed E-state index contributed by atoms with van der Waals surface area (Å²) in [5, 5.41) is 4.59. The molecule has 2 amide bonds. The molecule has 0 aliphatic carbocycles. The molecule has 0 radical (unpaired) electrons. The van der Waals surface area contributed by atoms with E-state index in [2.05, 4.69) is 5.32 Å². The Morgan fingerprint density at radius 3 is 2.68 bits per heavy atom. The van der Waals surface area contributed by atoms with Gasteiger partial charge in [-0.15, -0.1) is 0 Å². The average molecular weight is 436 g/mol. The van der Waals surface area contributed by atoms with E-state index in [0.29, 0.717) is 35.8 Å². The Bertz CT molecular complexity index is 976. The summed E-state index contributed by atoms with van der Waals surface area (Å²) < 4.78 is 48.2. The van der Waals surface area contributed by atoms with E-state index in [4.69, 9.17) is 9.47 Å². The van der Waals surface area contributed by atoms with Crippen LogP contribution in [-0.2, 0) is 11.2 Å². The van der Waals surface area contributed by atoms with Crippen molar-refractivity contribution in [1.82, 2.24) is 5.32 Å². The minimum absolute atomic E-state index is 0.0248. The Balaban J connectivity index is 1.69. The number of nitrogens with one attached hydrogen (secondary N) is 2. The molecule has 1 unspecified atom stereocenters. The third-order valence-electron chi connectivity index (χ3n) is 4.83. The highest BCUT2D eigenvalue weighted by molar-refractivity contribution is 5.98. The monoisotopic (exact) mass is 436 g/mol. The topological polar surface area (TPSA) is 76.7 Å². The largest absolute Gasteiger partial charge is 0.494 e. The Morgan fingerprint density at radius 2 is 1.97 bits per heavy atom. The zero-order chi connectivity index (χ0) is 22.6. The fourth-order valence-electron chi connectivity index (χ4n) is 3.21. The van der Waals surface area contributed by atoms with Crippen molar-refractivity contribution in [3.05, 3.63) is 53.1 Å². The minimum Gasteiger partial charge on any atom is -0.494 e. The fraction of sp³-hybridized carbons (Fsp3) is 0.364. The quantitative estimate of drug-likeness (QED) is 0.721. The van der Waals surface area contributed by atoms with E-state index in [0.717, 1.165) is 5.56 Å². The highest BCUT2D eigenvalue weighted by atomic mass is 19.4. The maximum Gasteiger partial charge on any atom is 0.405 e.